The van der Waals surface area contributed by atoms with Crippen molar-refractivity contribution in [1.29, 1.82) is 0 Å². The van der Waals surface area contributed by atoms with E-state index in [9.17, 15) is 0 Å². The van der Waals surface area contributed by atoms with Gasteiger partial charge >= 0.3 is 0 Å². The summed E-state index contributed by atoms with van der Waals surface area (Å²) in [5.41, 5.74) is 1.30. The minimum absolute atomic E-state index is 0.348. The number of rotatable bonds is 2. The predicted molar refractivity (Wildman–Crippen MR) is 105 cm³/mol. The molecule has 0 saturated carbocycles. The molecule has 2 saturated heterocycles. The van der Waals surface area contributed by atoms with E-state index in [1.165, 1.54) is 0 Å². The van der Waals surface area contributed by atoms with E-state index in [1.54, 1.807) is 24.3 Å². The highest BCUT2D eigenvalue weighted by Gasteiger charge is 2.42. The van der Waals surface area contributed by atoms with Gasteiger partial charge in [-0.1, -0.05) is 58.5 Å². The number of hydrogen-bond donors (Lipinski definition) is 0. The zero-order valence-corrected chi connectivity index (χ0v) is 17.1. The fourth-order valence-corrected chi connectivity index (χ4v) is 3.67. The molecular formula is C19H16Cl4O4. The third kappa shape index (κ3) is 4.24. The molecule has 2 aromatic carbocycles. The second kappa shape index (κ2) is 8.05. The Morgan fingerprint density at radius 3 is 1.30 bits per heavy atom. The smallest absolute Gasteiger partial charge is 0.183 e. The summed E-state index contributed by atoms with van der Waals surface area (Å²) < 4.78 is 23.6. The molecule has 2 heterocycles. The van der Waals surface area contributed by atoms with Crippen molar-refractivity contribution in [3.05, 3.63) is 67.6 Å². The SMILES string of the molecule is Clc1ccc(C2OCC3(CO2)COC(c2ccc(Cl)c(Cl)c2)OC3)cc1Cl. The Hall–Kier alpha value is -0.560. The van der Waals surface area contributed by atoms with Gasteiger partial charge in [0.25, 0.3) is 0 Å². The van der Waals surface area contributed by atoms with E-state index in [-0.39, 0.29) is 5.41 Å². The van der Waals surface area contributed by atoms with E-state index < -0.39 is 12.6 Å². The monoisotopic (exact) mass is 448 g/mol. The second-order valence-corrected chi connectivity index (χ2v) is 8.38. The van der Waals surface area contributed by atoms with Crippen LogP contribution in [0.5, 0.6) is 0 Å². The van der Waals surface area contributed by atoms with Crippen LogP contribution in [0.3, 0.4) is 0 Å². The maximum atomic E-state index is 6.07. The Morgan fingerprint density at radius 2 is 0.963 bits per heavy atom. The molecule has 0 aromatic heterocycles. The Balaban J connectivity index is 1.37. The lowest BCUT2D eigenvalue weighted by Crippen LogP contribution is -2.49. The van der Waals surface area contributed by atoms with Gasteiger partial charge in [-0.3, -0.25) is 0 Å². The Kier molecular flexibility index (Phi) is 5.89. The summed E-state index contributed by atoms with van der Waals surface area (Å²) in [6.07, 6.45) is -0.976. The summed E-state index contributed by atoms with van der Waals surface area (Å²) >= 11 is 24.1. The van der Waals surface area contributed by atoms with Gasteiger partial charge in [0.15, 0.2) is 12.6 Å². The molecule has 0 unspecified atom stereocenters. The third-order valence-corrected chi connectivity index (χ3v) is 6.07. The van der Waals surface area contributed by atoms with Crippen LogP contribution in [0.2, 0.25) is 20.1 Å². The maximum Gasteiger partial charge on any atom is 0.183 e. The van der Waals surface area contributed by atoms with E-state index in [2.05, 4.69) is 0 Å². The molecule has 0 N–H and O–H groups in total. The fraction of sp³-hybridized carbons (Fsp3) is 0.368. The molecule has 27 heavy (non-hydrogen) atoms. The molecule has 4 rings (SSSR count). The Morgan fingerprint density at radius 1 is 0.593 bits per heavy atom. The van der Waals surface area contributed by atoms with E-state index >= 15 is 0 Å². The van der Waals surface area contributed by atoms with Crippen molar-refractivity contribution in [1.82, 2.24) is 0 Å². The molecule has 0 amide bonds. The van der Waals surface area contributed by atoms with Crippen molar-refractivity contribution in [2.45, 2.75) is 12.6 Å². The lowest BCUT2D eigenvalue weighted by molar-refractivity contribution is -0.307. The van der Waals surface area contributed by atoms with Crippen LogP contribution in [0.1, 0.15) is 23.7 Å². The highest BCUT2D eigenvalue weighted by Crippen LogP contribution is 2.39. The summed E-state index contributed by atoms with van der Waals surface area (Å²) in [5.74, 6) is 0. The maximum absolute atomic E-state index is 6.07. The van der Waals surface area contributed by atoms with Crippen LogP contribution < -0.4 is 0 Å². The fourth-order valence-electron chi connectivity index (χ4n) is 3.06. The van der Waals surface area contributed by atoms with Gasteiger partial charge < -0.3 is 18.9 Å². The quantitative estimate of drug-likeness (QED) is 0.556. The van der Waals surface area contributed by atoms with Crippen molar-refractivity contribution in [2.75, 3.05) is 26.4 Å². The molecule has 0 radical (unpaired) electrons. The Labute approximate surface area is 177 Å². The van der Waals surface area contributed by atoms with Gasteiger partial charge in [0.1, 0.15) is 0 Å². The summed E-state index contributed by atoms with van der Waals surface area (Å²) in [6, 6.07) is 10.6. The van der Waals surface area contributed by atoms with Crippen molar-refractivity contribution >= 4 is 46.4 Å². The molecule has 0 bridgehead atoms. The average Bonchev–Trinajstić information content (AvgIpc) is 2.68. The lowest BCUT2D eigenvalue weighted by atomic mass is 9.90. The van der Waals surface area contributed by atoms with Gasteiger partial charge in [0, 0.05) is 11.1 Å². The zero-order valence-electron chi connectivity index (χ0n) is 14.1. The molecule has 2 aromatic rings. The van der Waals surface area contributed by atoms with E-state index in [0.29, 0.717) is 46.5 Å². The van der Waals surface area contributed by atoms with Crippen LogP contribution in [0.4, 0.5) is 0 Å². The van der Waals surface area contributed by atoms with Crippen LogP contribution in [0.15, 0.2) is 36.4 Å². The standard InChI is InChI=1S/C19H16Cl4O4/c20-13-3-1-11(5-15(13)22)17-24-7-19(8-25-17)9-26-18(27-10-19)12-2-4-14(21)16(23)6-12/h1-6,17-18H,7-10H2. The van der Waals surface area contributed by atoms with Gasteiger partial charge in [-0.25, -0.2) is 0 Å². The third-order valence-electron chi connectivity index (χ3n) is 4.60. The highest BCUT2D eigenvalue weighted by molar-refractivity contribution is 6.42. The first-order valence-corrected chi connectivity index (χ1v) is 9.83. The van der Waals surface area contributed by atoms with Crippen molar-refractivity contribution in [3.63, 3.8) is 0 Å². The average molecular weight is 450 g/mol. The molecule has 144 valence electrons. The minimum Gasteiger partial charge on any atom is -0.348 e. The summed E-state index contributed by atoms with van der Waals surface area (Å²) in [5, 5.41) is 1.93. The van der Waals surface area contributed by atoms with Gasteiger partial charge in [0.2, 0.25) is 0 Å². The first-order chi connectivity index (χ1) is 13.0. The molecule has 2 aliphatic rings. The van der Waals surface area contributed by atoms with Gasteiger partial charge in [0.05, 0.1) is 51.9 Å². The number of hydrogen-bond acceptors (Lipinski definition) is 4. The van der Waals surface area contributed by atoms with Crippen LogP contribution in [0, 0.1) is 5.41 Å². The van der Waals surface area contributed by atoms with Crippen molar-refractivity contribution in [3.8, 4) is 0 Å². The highest BCUT2D eigenvalue weighted by atomic mass is 35.5. The molecule has 2 aliphatic heterocycles. The molecule has 1 spiro atoms. The van der Waals surface area contributed by atoms with Gasteiger partial charge in [-0.2, -0.15) is 0 Å². The zero-order chi connectivity index (χ0) is 19.0. The van der Waals surface area contributed by atoms with E-state index in [1.807, 2.05) is 12.1 Å². The second-order valence-electron chi connectivity index (χ2n) is 6.75. The van der Waals surface area contributed by atoms with Gasteiger partial charge in [-0.05, 0) is 24.3 Å². The van der Waals surface area contributed by atoms with Crippen LogP contribution in [0.25, 0.3) is 0 Å². The summed E-state index contributed by atoms with van der Waals surface area (Å²) in [4.78, 5) is 0. The normalized spacial score (nSPS) is 28.4. The summed E-state index contributed by atoms with van der Waals surface area (Å²) in [7, 11) is 0. The largest absolute Gasteiger partial charge is 0.348 e. The number of halogens is 4. The minimum atomic E-state index is -0.488. The molecule has 2 fully saturated rings. The number of ether oxygens (including phenoxy) is 4. The molecule has 8 heteroatoms. The van der Waals surface area contributed by atoms with Crippen LogP contribution >= 0.6 is 46.4 Å². The Bertz CT molecular complexity index is 755. The van der Waals surface area contributed by atoms with Crippen LogP contribution in [-0.4, -0.2) is 26.4 Å². The first kappa shape index (κ1) is 19.7. The topological polar surface area (TPSA) is 36.9 Å². The first-order valence-electron chi connectivity index (χ1n) is 8.32. The molecule has 4 nitrogen and oxygen atoms in total. The number of benzene rings is 2. The van der Waals surface area contributed by atoms with Gasteiger partial charge in [-0.15, -0.1) is 0 Å². The molecule has 0 atom stereocenters. The van der Waals surface area contributed by atoms with Crippen molar-refractivity contribution < 1.29 is 18.9 Å². The van der Waals surface area contributed by atoms with Crippen LogP contribution in [-0.2, 0) is 18.9 Å². The predicted octanol–water partition coefficient (Wildman–Crippen LogP) is 6.08. The lowest BCUT2D eigenvalue weighted by Gasteiger charge is -2.43. The van der Waals surface area contributed by atoms with E-state index in [4.69, 9.17) is 65.4 Å². The molecule has 0 aliphatic carbocycles. The summed E-state index contributed by atoms with van der Waals surface area (Å²) in [6.45, 7) is 1.80. The molecular weight excluding hydrogens is 434 g/mol. The van der Waals surface area contributed by atoms with E-state index in [0.717, 1.165) is 11.1 Å². The van der Waals surface area contributed by atoms with Crippen molar-refractivity contribution in [2.24, 2.45) is 5.41 Å².